The first kappa shape index (κ1) is 22.8. The van der Waals surface area contributed by atoms with Gasteiger partial charge in [-0.2, -0.15) is 0 Å². The van der Waals surface area contributed by atoms with Gasteiger partial charge in [0.2, 0.25) is 5.91 Å². The van der Waals surface area contributed by atoms with E-state index in [1.54, 1.807) is 0 Å². The molecule has 7 heteroatoms. The van der Waals surface area contributed by atoms with Gasteiger partial charge in [-0.3, -0.25) is 9.69 Å². The van der Waals surface area contributed by atoms with Crippen molar-refractivity contribution in [1.29, 1.82) is 0 Å². The topological polar surface area (TPSA) is 54.0 Å². The lowest BCUT2D eigenvalue weighted by atomic mass is 9.96. The second-order valence-corrected chi connectivity index (χ2v) is 7.79. The average Bonchev–Trinajstić information content (AvgIpc) is 2.62. The van der Waals surface area contributed by atoms with Crippen LogP contribution in [0.5, 0.6) is 0 Å². The molecule has 6 nitrogen and oxygen atoms in total. The zero-order chi connectivity index (χ0) is 18.5. The van der Waals surface area contributed by atoms with Crippen LogP contribution in [-0.2, 0) is 13.8 Å². The predicted molar refractivity (Wildman–Crippen MR) is 105 cm³/mol. The molecule has 1 aliphatic rings. The van der Waals surface area contributed by atoms with E-state index in [-0.39, 0.29) is 5.92 Å². The summed E-state index contributed by atoms with van der Waals surface area (Å²) in [5.74, 6) is 0.599. The maximum Gasteiger partial charge on any atom is 0.255 e. The fraction of sp³-hybridized carbons (Fsp3) is 0.944. The quantitative estimate of drug-likeness (QED) is 0.501. The van der Waals surface area contributed by atoms with Crippen LogP contribution in [0, 0.1) is 5.92 Å². The van der Waals surface area contributed by atoms with Crippen molar-refractivity contribution >= 4 is 14.4 Å². The van der Waals surface area contributed by atoms with Crippen molar-refractivity contribution in [2.75, 3.05) is 52.5 Å². The molecular weight excluding hydrogens is 337 g/mol. The average molecular weight is 375 g/mol. The molecule has 1 heterocycles. The van der Waals surface area contributed by atoms with Gasteiger partial charge in [0, 0.05) is 45.2 Å². The van der Waals surface area contributed by atoms with Gasteiger partial charge in [0.1, 0.15) is 0 Å². The molecule has 0 saturated carbocycles. The number of piperazine rings is 1. The third-order valence-corrected chi connectivity index (χ3v) is 5.94. The summed E-state index contributed by atoms with van der Waals surface area (Å²) in [6.07, 6.45) is 4.22. The van der Waals surface area contributed by atoms with E-state index in [2.05, 4.69) is 28.7 Å². The van der Waals surface area contributed by atoms with E-state index >= 15 is 0 Å². The highest BCUT2D eigenvalue weighted by Gasteiger charge is 2.26. The van der Waals surface area contributed by atoms with Crippen LogP contribution in [0.15, 0.2) is 0 Å². The molecule has 1 rings (SSSR count). The Balaban J connectivity index is 2.29. The van der Waals surface area contributed by atoms with E-state index in [1.807, 2.05) is 13.8 Å². The minimum Gasteiger partial charge on any atom is -0.340 e. The van der Waals surface area contributed by atoms with Crippen molar-refractivity contribution in [3.8, 4) is 0 Å². The van der Waals surface area contributed by atoms with Gasteiger partial charge in [0.25, 0.3) is 8.53 Å². The van der Waals surface area contributed by atoms with Crippen LogP contribution in [0.3, 0.4) is 0 Å². The van der Waals surface area contributed by atoms with Crippen LogP contribution in [0.2, 0.25) is 0 Å². The summed E-state index contributed by atoms with van der Waals surface area (Å²) in [6.45, 7) is 15.1. The van der Waals surface area contributed by atoms with Crippen LogP contribution in [0.4, 0.5) is 0 Å². The lowest BCUT2D eigenvalue weighted by Gasteiger charge is -2.36. The van der Waals surface area contributed by atoms with Gasteiger partial charge in [0.05, 0.1) is 13.2 Å². The second-order valence-electron chi connectivity index (χ2n) is 6.44. The van der Waals surface area contributed by atoms with E-state index in [0.717, 1.165) is 65.0 Å². The molecule has 0 aromatic carbocycles. The second kappa shape index (κ2) is 13.9. The van der Waals surface area contributed by atoms with Gasteiger partial charge in [-0.15, -0.1) is 0 Å². The molecule has 1 amide bonds. The van der Waals surface area contributed by atoms with E-state index < -0.39 is 8.53 Å². The highest BCUT2D eigenvalue weighted by Crippen LogP contribution is 2.32. The van der Waals surface area contributed by atoms with Crippen molar-refractivity contribution in [1.82, 2.24) is 14.9 Å². The van der Waals surface area contributed by atoms with Crippen molar-refractivity contribution < 1.29 is 13.8 Å². The zero-order valence-corrected chi connectivity index (χ0v) is 17.5. The molecule has 25 heavy (non-hydrogen) atoms. The van der Waals surface area contributed by atoms with Gasteiger partial charge >= 0.3 is 0 Å². The predicted octanol–water partition coefficient (Wildman–Crippen LogP) is 3.24. The minimum absolute atomic E-state index is 0.226. The van der Waals surface area contributed by atoms with E-state index in [9.17, 15) is 4.79 Å². The normalized spacial score (nSPS) is 16.2. The third kappa shape index (κ3) is 8.78. The molecule has 0 radical (unpaired) electrons. The Morgan fingerprint density at radius 3 is 2.04 bits per heavy atom. The molecule has 0 unspecified atom stereocenters. The Morgan fingerprint density at radius 1 is 1.00 bits per heavy atom. The fourth-order valence-corrected chi connectivity index (χ4v) is 4.21. The number of amides is 1. The summed E-state index contributed by atoms with van der Waals surface area (Å²) in [5.41, 5.74) is 0. The van der Waals surface area contributed by atoms with Gasteiger partial charge in [0.15, 0.2) is 0 Å². The fourth-order valence-electron chi connectivity index (χ4n) is 3.20. The molecule has 1 saturated heterocycles. The largest absolute Gasteiger partial charge is 0.340 e. The van der Waals surface area contributed by atoms with Crippen molar-refractivity contribution in [3.63, 3.8) is 0 Å². The molecule has 148 valence electrons. The zero-order valence-electron chi connectivity index (χ0n) is 16.6. The lowest BCUT2D eigenvalue weighted by Crippen LogP contribution is -2.51. The number of hydrogen-bond donors (Lipinski definition) is 1. The summed E-state index contributed by atoms with van der Waals surface area (Å²) < 4.78 is 11.1. The Morgan fingerprint density at radius 2 is 1.56 bits per heavy atom. The number of carbonyl (C=O) groups excluding carboxylic acids is 1. The standard InChI is InChI=1S/C18H38N3O3P/c1-5-9-17(10-6-2)18(22)21-15-13-20(14-16-21)12-11-19-25(23-7-3)24-8-4/h17,19H,5-16H2,1-4H3. The Kier molecular flexibility index (Phi) is 12.6. The van der Waals surface area contributed by atoms with Crippen molar-refractivity contribution in [2.24, 2.45) is 5.92 Å². The highest BCUT2D eigenvalue weighted by molar-refractivity contribution is 7.44. The van der Waals surface area contributed by atoms with E-state index in [4.69, 9.17) is 9.05 Å². The Hall–Kier alpha value is -0.260. The minimum atomic E-state index is -0.965. The number of carbonyl (C=O) groups is 1. The molecule has 0 bridgehead atoms. The molecule has 0 aliphatic carbocycles. The first-order valence-electron chi connectivity index (χ1n) is 9.96. The first-order chi connectivity index (χ1) is 12.2. The summed E-state index contributed by atoms with van der Waals surface area (Å²) in [5, 5.41) is 3.35. The Labute approximate surface area is 155 Å². The van der Waals surface area contributed by atoms with Crippen LogP contribution in [0.1, 0.15) is 53.4 Å². The molecule has 0 aromatic heterocycles. The number of hydrogen-bond acceptors (Lipinski definition) is 5. The summed E-state index contributed by atoms with van der Waals surface area (Å²) in [4.78, 5) is 17.2. The monoisotopic (exact) mass is 375 g/mol. The summed E-state index contributed by atoms with van der Waals surface area (Å²) in [7, 11) is -0.965. The van der Waals surface area contributed by atoms with Gasteiger partial charge in [-0.1, -0.05) is 26.7 Å². The summed E-state index contributed by atoms with van der Waals surface area (Å²) >= 11 is 0. The summed E-state index contributed by atoms with van der Waals surface area (Å²) in [6, 6.07) is 0. The van der Waals surface area contributed by atoms with Crippen molar-refractivity contribution in [2.45, 2.75) is 53.4 Å². The molecular formula is C18H38N3O3P. The SMILES string of the molecule is CCCC(CCC)C(=O)N1CCN(CCNP(OCC)OCC)CC1. The van der Waals surface area contributed by atoms with Gasteiger partial charge < -0.3 is 13.9 Å². The molecule has 1 aliphatic heterocycles. The molecule has 0 spiro atoms. The maximum atomic E-state index is 12.7. The van der Waals surface area contributed by atoms with Crippen LogP contribution < -0.4 is 5.09 Å². The maximum absolute atomic E-state index is 12.7. The Bertz CT molecular complexity index is 340. The number of rotatable bonds is 13. The number of nitrogens with zero attached hydrogens (tertiary/aromatic N) is 2. The lowest BCUT2D eigenvalue weighted by molar-refractivity contribution is -0.137. The molecule has 0 atom stereocenters. The van der Waals surface area contributed by atoms with Crippen LogP contribution in [0.25, 0.3) is 0 Å². The molecule has 1 N–H and O–H groups in total. The third-order valence-electron chi connectivity index (χ3n) is 4.47. The molecule has 1 fully saturated rings. The van der Waals surface area contributed by atoms with Gasteiger partial charge in [-0.25, -0.2) is 5.09 Å². The smallest absolute Gasteiger partial charge is 0.255 e. The van der Waals surface area contributed by atoms with Crippen LogP contribution in [-0.4, -0.2) is 68.2 Å². The van der Waals surface area contributed by atoms with E-state index in [1.165, 1.54) is 0 Å². The van der Waals surface area contributed by atoms with E-state index in [0.29, 0.717) is 19.1 Å². The van der Waals surface area contributed by atoms with Crippen LogP contribution >= 0.6 is 8.53 Å². The first-order valence-corrected chi connectivity index (χ1v) is 11.1. The van der Waals surface area contributed by atoms with Crippen molar-refractivity contribution in [3.05, 3.63) is 0 Å². The highest BCUT2D eigenvalue weighted by atomic mass is 31.2. The number of nitrogens with one attached hydrogen (secondary N) is 1. The van der Waals surface area contributed by atoms with Gasteiger partial charge in [-0.05, 0) is 26.7 Å². The molecule has 0 aromatic rings.